The summed E-state index contributed by atoms with van der Waals surface area (Å²) >= 11 is 0. The lowest BCUT2D eigenvalue weighted by molar-refractivity contribution is -0.0329. The second kappa shape index (κ2) is 7.40. The summed E-state index contributed by atoms with van der Waals surface area (Å²) < 4.78 is 10.6. The highest BCUT2D eigenvalue weighted by Gasteiger charge is 2.21. The van der Waals surface area contributed by atoms with Crippen molar-refractivity contribution >= 4 is 5.97 Å². The lowest BCUT2D eigenvalue weighted by Crippen LogP contribution is -2.37. The van der Waals surface area contributed by atoms with Crippen molar-refractivity contribution in [2.45, 2.75) is 12.6 Å². The fourth-order valence-corrected chi connectivity index (χ4v) is 2.84. The van der Waals surface area contributed by atoms with Crippen LogP contribution in [0.25, 0.3) is 0 Å². The first-order valence-corrected chi connectivity index (χ1v) is 7.82. The van der Waals surface area contributed by atoms with Crippen LogP contribution in [-0.4, -0.2) is 37.7 Å². The summed E-state index contributed by atoms with van der Waals surface area (Å²) in [6, 6.07) is 17.9. The van der Waals surface area contributed by atoms with Gasteiger partial charge in [-0.25, -0.2) is 4.79 Å². The van der Waals surface area contributed by atoms with E-state index in [9.17, 15) is 4.79 Å². The zero-order chi connectivity index (χ0) is 16.1. The molecular formula is C19H21NO3. The molecule has 1 atom stereocenters. The number of nitrogens with zero attached hydrogens (tertiary/aromatic N) is 1. The first-order chi connectivity index (χ1) is 11.3. The second-order valence-electron chi connectivity index (χ2n) is 5.69. The first kappa shape index (κ1) is 15.7. The van der Waals surface area contributed by atoms with Gasteiger partial charge in [0, 0.05) is 19.6 Å². The topological polar surface area (TPSA) is 38.8 Å². The van der Waals surface area contributed by atoms with Gasteiger partial charge in [0.05, 0.1) is 25.4 Å². The van der Waals surface area contributed by atoms with Gasteiger partial charge < -0.3 is 9.47 Å². The molecule has 0 N–H and O–H groups in total. The summed E-state index contributed by atoms with van der Waals surface area (Å²) in [6.07, 6.45) is 0.124. The molecule has 0 aliphatic carbocycles. The van der Waals surface area contributed by atoms with Gasteiger partial charge in [-0.1, -0.05) is 42.5 Å². The van der Waals surface area contributed by atoms with Crippen LogP contribution < -0.4 is 0 Å². The third-order valence-corrected chi connectivity index (χ3v) is 4.10. The Hall–Kier alpha value is -2.17. The molecular weight excluding hydrogens is 290 g/mol. The van der Waals surface area contributed by atoms with Gasteiger partial charge in [0.1, 0.15) is 0 Å². The van der Waals surface area contributed by atoms with Crippen molar-refractivity contribution in [3.05, 3.63) is 71.3 Å². The summed E-state index contributed by atoms with van der Waals surface area (Å²) in [7, 11) is 1.40. The number of rotatable bonds is 4. The highest BCUT2D eigenvalue weighted by Crippen LogP contribution is 2.23. The van der Waals surface area contributed by atoms with Crippen molar-refractivity contribution in [1.82, 2.24) is 4.90 Å². The van der Waals surface area contributed by atoms with Crippen molar-refractivity contribution in [1.29, 1.82) is 0 Å². The van der Waals surface area contributed by atoms with E-state index in [4.69, 9.17) is 9.47 Å². The fraction of sp³-hybridized carbons (Fsp3) is 0.316. The number of ether oxygens (including phenoxy) is 2. The minimum atomic E-state index is -0.299. The molecule has 0 amide bonds. The van der Waals surface area contributed by atoms with Gasteiger partial charge in [-0.05, 0) is 23.3 Å². The molecule has 2 aromatic carbocycles. The minimum Gasteiger partial charge on any atom is -0.465 e. The van der Waals surface area contributed by atoms with Crippen LogP contribution in [0.15, 0.2) is 54.6 Å². The normalized spacial score (nSPS) is 18.6. The standard InChI is InChI=1S/C19H21NO3/c1-22-19(21)17-9-7-15(8-10-17)13-20-11-12-23-18(14-20)16-5-3-2-4-6-16/h2-10,18H,11-14H2,1H3. The predicted molar refractivity (Wildman–Crippen MR) is 88.2 cm³/mol. The van der Waals surface area contributed by atoms with E-state index in [1.54, 1.807) is 0 Å². The highest BCUT2D eigenvalue weighted by molar-refractivity contribution is 5.89. The van der Waals surface area contributed by atoms with Crippen LogP contribution in [0.1, 0.15) is 27.6 Å². The zero-order valence-electron chi connectivity index (χ0n) is 13.3. The van der Waals surface area contributed by atoms with E-state index in [1.807, 2.05) is 42.5 Å². The van der Waals surface area contributed by atoms with Gasteiger partial charge in [0.2, 0.25) is 0 Å². The molecule has 0 radical (unpaired) electrons. The van der Waals surface area contributed by atoms with E-state index < -0.39 is 0 Å². The molecule has 0 aromatic heterocycles. The maximum Gasteiger partial charge on any atom is 0.337 e. The largest absolute Gasteiger partial charge is 0.465 e. The Bertz CT molecular complexity index is 639. The van der Waals surface area contributed by atoms with Crippen molar-refractivity contribution in [3.8, 4) is 0 Å². The van der Waals surface area contributed by atoms with Crippen LogP contribution in [0.2, 0.25) is 0 Å². The van der Waals surface area contributed by atoms with Gasteiger partial charge in [-0.3, -0.25) is 4.90 Å². The average molecular weight is 311 g/mol. The summed E-state index contributed by atoms with van der Waals surface area (Å²) in [5.41, 5.74) is 2.99. The number of benzene rings is 2. The molecule has 0 spiro atoms. The third-order valence-electron chi connectivity index (χ3n) is 4.10. The number of carbonyl (C=O) groups is 1. The molecule has 1 aliphatic rings. The van der Waals surface area contributed by atoms with Crippen molar-refractivity contribution in [2.24, 2.45) is 0 Å². The summed E-state index contributed by atoms with van der Waals surface area (Å²) in [6.45, 7) is 3.39. The second-order valence-corrected chi connectivity index (χ2v) is 5.69. The maximum atomic E-state index is 11.5. The monoisotopic (exact) mass is 311 g/mol. The molecule has 0 saturated carbocycles. The zero-order valence-corrected chi connectivity index (χ0v) is 13.3. The van der Waals surface area contributed by atoms with E-state index >= 15 is 0 Å². The molecule has 1 fully saturated rings. The quantitative estimate of drug-likeness (QED) is 0.814. The smallest absolute Gasteiger partial charge is 0.337 e. The van der Waals surface area contributed by atoms with E-state index in [2.05, 4.69) is 17.0 Å². The molecule has 23 heavy (non-hydrogen) atoms. The summed E-state index contributed by atoms with van der Waals surface area (Å²) in [4.78, 5) is 13.8. The molecule has 1 aliphatic heterocycles. The molecule has 120 valence electrons. The van der Waals surface area contributed by atoms with Crippen LogP contribution in [0.5, 0.6) is 0 Å². The number of methoxy groups -OCH3 is 1. The van der Waals surface area contributed by atoms with Crippen molar-refractivity contribution in [2.75, 3.05) is 26.8 Å². The van der Waals surface area contributed by atoms with Crippen LogP contribution in [-0.2, 0) is 16.0 Å². The van der Waals surface area contributed by atoms with Gasteiger partial charge in [0.25, 0.3) is 0 Å². The fourth-order valence-electron chi connectivity index (χ4n) is 2.84. The third kappa shape index (κ3) is 3.97. The van der Waals surface area contributed by atoms with E-state index in [0.29, 0.717) is 5.56 Å². The molecule has 1 heterocycles. The Morgan fingerprint density at radius 2 is 1.91 bits per heavy atom. The highest BCUT2D eigenvalue weighted by atomic mass is 16.5. The molecule has 2 aromatic rings. The van der Waals surface area contributed by atoms with Crippen LogP contribution in [0.4, 0.5) is 0 Å². The average Bonchev–Trinajstić information content (AvgIpc) is 2.63. The van der Waals surface area contributed by atoms with Crippen LogP contribution in [0, 0.1) is 0 Å². The van der Waals surface area contributed by atoms with Gasteiger partial charge >= 0.3 is 5.97 Å². The summed E-state index contributed by atoms with van der Waals surface area (Å²) in [5, 5.41) is 0. The Labute approximate surface area is 136 Å². The van der Waals surface area contributed by atoms with Crippen molar-refractivity contribution in [3.63, 3.8) is 0 Å². The number of hydrogen-bond donors (Lipinski definition) is 0. The molecule has 3 rings (SSSR count). The number of esters is 1. The van der Waals surface area contributed by atoms with E-state index in [-0.39, 0.29) is 12.1 Å². The molecule has 0 bridgehead atoms. The van der Waals surface area contributed by atoms with E-state index in [1.165, 1.54) is 18.2 Å². The van der Waals surface area contributed by atoms with Crippen LogP contribution >= 0.6 is 0 Å². The van der Waals surface area contributed by atoms with Crippen LogP contribution in [0.3, 0.4) is 0 Å². The number of hydrogen-bond acceptors (Lipinski definition) is 4. The van der Waals surface area contributed by atoms with Gasteiger partial charge in [-0.2, -0.15) is 0 Å². The Kier molecular flexibility index (Phi) is 5.05. The Morgan fingerprint density at radius 3 is 2.61 bits per heavy atom. The molecule has 4 nitrogen and oxygen atoms in total. The molecule has 4 heteroatoms. The van der Waals surface area contributed by atoms with E-state index in [0.717, 1.165) is 26.2 Å². The number of morpholine rings is 1. The van der Waals surface area contributed by atoms with Gasteiger partial charge in [-0.15, -0.1) is 0 Å². The Balaban J connectivity index is 1.62. The lowest BCUT2D eigenvalue weighted by Gasteiger charge is -2.33. The minimum absolute atomic E-state index is 0.124. The first-order valence-electron chi connectivity index (χ1n) is 7.82. The SMILES string of the molecule is COC(=O)c1ccc(CN2CCOC(c3ccccc3)C2)cc1. The number of carbonyl (C=O) groups excluding carboxylic acids is 1. The molecule has 1 saturated heterocycles. The lowest BCUT2D eigenvalue weighted by atomic mass is 10.1. The summed E-state index contributed by atoms with van der Waals surface area (Å²) in [5.74, 6) is -0.299. The van der Waals surface area contributed by atoms with Crippen molar-refractivity contribution < 1.29 is 14.3 Å². The molecule has 1 unspecified atom stereocenters. The maximum absolute atomic E-state index is 11.5. The predicted octanol–water partition coefficient (Wildman–Crippen LogP) is 3.05. The Morgan fingerprint density at radius 1 is 1.17 bits per heavy atom. The van der Waals surface area contributed by atoms with Gasteiger partial charge in [0.15, 0.2) is 0 Å².